The maximum absolute atomic E-state index is 8.49. The molecule has 0 aliphatic heterocycles. The second-order valence-electron chi connectivity index (χ2n) is 3.37. The van der Waals surface area contributed by atoms with Gasteiger partial charge in [-0.15, -0.1) is 0 Å². The number of hydrogen-bond acceptors (Lipinski definition) is 3. The molecule has 1 unspecified atom stereocenters. The molecule has 0 saturated heterocycles. The molecule has 1 atom stereocenters. The largest absolute Gasteiger partial charge is 0.411 e. The van der Waals surface area contributed by atoms with E-state index in [0.717, 1.165) is 12.1 Å². The zero-order valence-corrected chi connectivity index (χ0v) is 7.40. The van der Waals surface area contributed by atoms with Crippen LogP contribution in [0, 0.1) is 5.41 Å². The molecule has 1 rings (SSSR count). The molecule has 0 aromatic rings. The van der Waals surface area contributed by atoms with Gasteiger partial charge < -0.3 is 5.21 Å². The summed E-state index contributed by atoms with van der Waals surface area (Å²) in [5.74, 6) is 0. The molecule has 0 aromatic carbocycles. The molecule has 0 heterocycles. The maximum Gasteiger partial charge on any atom is 0.0711 e. The predicted molar refractivity (Wildman–Crippen MR) is 44.9 cm³/mol. The average Bonchev–Trinajstić information content (AvgIpc) is 1.84. The Bertz CT molecular complexity index is 165. The van der Waals surface area contributed by atoms with Gasteiger partial charge in [0.1, 0.15) is 0 Å². The minimum atomic E-state index is 0.334. The number of thioether (sulfide) groups is 1. The molecule has 0 amide bonds. The van der Waals surface area contributed by atoms with Gasteiger partial charge in [0.2, 0.25) is 0 Å². The van der Waals surface area contributed by atoms with Gasteiger partial charge in [-0.05, 0) is 18.1 Å². The lowest BCUT2D eigenvalue weighted by molar-refractivity contribution is 0.284. The van der Waals surface area contributed by atoms with Gasteiger partial charge >= 0.3 is 0 Å². The fraction of sp³-hybridized carbons (Fsp3) is 0.857. The Hall–Kier alpha value is -0.180. The van der Waals surface area contributed by atoms with Crippen LogP contribution in [0.5, 0.6) is 0 Å². The smallest absolute Gasteiger partial charge is 0.0711 e. The second-order valence-corrected chi connectivity index (χ2v) is 4.32. The van der Waals surface area contributed by atoms with Gasteiger partial charge in [0, 0.05) is 0 Å². The van der Waals surface area contributed by atoms with Gasteiger partial charge in [-0.1, -0.05) is 19.0 Å². The zero-order chi connectivity index (χ0) is 7.78. The first kappa shape index (κ1) is 7.92. The Morgan fingerprint density at radius 3 is 2.50 bits per heavy atom. The topological polar surface area (TPSA) is 32.6 Å². The lowest BCUT2D eigenvalue weighted by Crippen LogP contribution is -2.47. The van der Waals surface area contributed by atoms with Crippen LogP contribution in [0.1, 0.15) is 20.3 Å². The van der Waals surface area contributed by atoms with Crippen molar-refractivity contribution < 1.29 is 5.21 Å². The molecule has 0 spiro atoms. The van der Waals surface area contributed by atoms with Crippen molar-refractivity contribution >= 4 is 17.5 Å². The third kappa shape index (κ3) is 1.03. The fourth-order valence-corrected chi connectivity index (χ4v) is 2.64. The minimum Gasteiger partial charge on any atom is -0.411 e. The van der Waals surface area contributed by atoms with Crippen molar-refractivity contribution in [3.8, 4) is 0 Å². The van der Waals surface area contributed by atoms with Crippen LogP contribution in [0.3, 0.4) is 0 Å². The second kappa shape index (κ2) is 2.46. The van der Waals surface area contributed by atoms with E-state index in [1.54, 1.807) is 11.8 Å². The van der Waals surface area contributed by atoms with E-state index in [2.05, 4.69) is 25.3 Å². The van der Waals surface area contributed by atoms with Crippen LogP contribution >= 0.6 is 11.8 Å². The Balaban J connectivity index is 2.63. The van der Waals surface area contributed by atoms with Gasteiger partial charge in [0.15, 0.2) is 0 Å². The Kier molecular flexibility index (Phi) is 1.95. The quantitative estimate of drug-likeness (QED) is 0.468. The molecule has 1 aliphatic carbocycles. The molecule has 0 radical (unpaired) electrons. The first-order valence-corrected chi connectivity index (χ1v) is 4.64. The average molecular weight is 159 g/mol. The molecule has 1 fully saturated rings. The van der Waals surface area contributed by atoms with Crippen molar-refractivity contribution in [3.05, 3.63) is 0 Å². The highest BCUT2D eigenvalue weighted by Crippen LogP contribution is 2.44. The van der Waals surface area contributed by atoms with Crippen LogP contribution in [0.25, 0.3) is 0 Å². The van der Waals surface area contributed by atoms with Crippen molar-refractivity contribution in [3.63, 3.8) is 0 Å². The minimum absolute atomic E-state index is 0.334. The molecule has 2 nitrogen and oxygen atoms in total. The molecule has 10 heavy (non-hydrogen) atoms. The van der Waals surface area contributed by atoms with Gasteiger partial charge in [0.05, 0.1) is 11.0 Å². The number of rotatable bonds is 1. The summed E-state index contributed by atoms with van der Waals surface area (Å²) in [4.78, 5) is 0. The lowest BCUT2D eigenvalue weighted by Gasteiger charge is -2.43. The highest BCUT2D eigenvalue weighted by Gasteiger charge is 2.44. The summed E-state index contributed by atoms with van der Waals surface area (Å²) in [6.45, 7) is 4.39. The third-order valence-corrected chi connectivity index (χ3v) is 3.39. The van der Waals surface area contributed by atoms with Crippen LogP contribution in [0.15, 0.2) is 5.16 Å². The fourth-order valence-electron chi connectivity index (χ4n) is 1.52. The number of oxime groups is 1. The Morgan fingerprint density at radius 1 is 1.70 bits per heavy atom. The summed E-state index contributed by atoms with van der Waals surface area (Å²) < 4.78 is 0. The van der Waals surface area contributed by atoms with Crippen molar-refractivity contribution in [1.29, 1.82) is 0 Å². The van der Waals surface area contributed by atoms with Gasteiger partial charge in [-0.2, -0.15) is 11.8 Å². The van der Waals surface area contributed by atoms with Crippen LogP contribution in [-0.4, -0.2) is 22.4 Å². The highest BCUT2D eigenvalue weighted by molar-refractivity contribution is 8.00. The summed E-state index contributed by atoms with van der Waals surface area (Å²) in [6, 6.07) is 0. The summed E-state index contributed by atoms with van der Waals surface area (Å²) in [7, 11) is 0. The molecule has 0 aromatic heterocycles. The Labute approximate surface area is 65.7 Å². The summed E-state index contributed by atoms with van der Waals surface area (Å²) >= 11 is 1.76. The molecule has 1 N–H and O–H groups in total. The maximum atomic E-state index is 8.49. The van der Waals surface area contributed by atoms with Gasteiger partial charge in [0.25, 0.3) is 0 Å². The van der Waals surface area contributed by atoms with E-state index in [-0.39, 0.29) is 0 Å². The van der Waals surface area contributed by atoms with Crippen LogP contribution in [-0.2, 0) is 0 Å². The van der Waals surface area contributed by atoms with Crippen molar-refractivity contribution in [2.75, 3.05) is 6.26 Å². The highest BCUT2D eigenvalue weighted by atomic mass is 32.2. The van der Waals surface area contributed by atoms with Gasteiger partial charge in [-0.25, -0.2) is 0 Å². The van der Waals surface area contributed by atoms with Crippen LogP contribution < -0.4 is 0 Å². The van der Waals surface area contributed by atoms with Crippen molar-refractivity contribution in [1.82, 2.24) is 0 Å². The summed E-state index contributed by atoms with van der Waals surface area (Å²) in [6.07, 6.45) is 2.99. The molecule has 3 heteroatoms. The first-order valence-electron chi connectivity index (χ1n) is 3.35. The van der Waals surface area contributed by atoms with Crippen molar-refractivity contribution in [2.24, 2.45) is 10.6 Å². The Morgan fingerprint density at radius 2 is 2.30 bits per heavy atom. The lowest BCUT2D eigenvalue weighted by atomic mass is 9.70. The normalized spacial score (nSPS) is 33.9. The van der Waals surface area contributed by atoms with Crippen LogP contribution in [0.2, 0.25) is 0 Å². The summed E-state index contributed by atoms with van der Waals surface area (Å²) in [5.41, 5.74) is 1.28. The zero-order valence-electron chi connectivity index (χ0n) is 6.59. The van der Waals surface area contributed by atoms with E-state index < -0.39 is 0 Å². The monoisotopic (exact) mass is 159 g/mol. The first-order chi connectivity index (χ1) is 4.61. The van der Waals surface area contributed by atoms with E-state index >= 15 is 0 Å². The number of hydrogen-bond donors (Lipinski definition) is 1. The third-order valence-electron chi connectivity index (χ3n) is 2.01. The van der Waals surface area contributed by atoms with Crippen LogP contribution in [0.4, 0.5) is 0 Å². The summed E-state index contributed by atoms with van der Waals surface area (Å²) in [5, 5.41) is 12.2. The molecular weight excluding hydrogens is 146 g/mol. The van der Waals surface area contributed by atoms with E-state index in [0.29, 0.717) is 10.7 Å². The molecule has 1 aliphatic rings. The van der Waals surface area contributed by atoms with E-state index in [1.165, 1.54) is 0 Å². The molecule has 58 valence electrons. The van der Waals surface area contributed by atoms with E-state index in [1.807, 2.05) is 0 Å². The number of nitrogens with zero attached hydrogens (tertiary/aromatic N) is 1. The van der Waals surface area contributed by atoms with Gasteiger partial charge in [-0.3, -0.25) is 0 Å². The standard InChI is InChI=1S/C7H13NOS/c1-7(2)4-5(8-9)6(7)10-3/h6,9H,4H2,1-3H3/b8-5+. The molecule has 0 bridgehead atoms. The van der Waals surface area contributed by atoms with E-state index in [4.69, 9.17) is 5.21 Å². The molecular formula is C7H13NOS. The molecule has 1 saturated carbocycles. The predicted octanol–water partition coefficient (Wildman–Crippen LogP) is 1.98. The SMILES string of the molecule is CSC1/C(=N/O)CC1(C)C. The van der Waals surface area contributed by atoms with Crippen molar-refractivity contribution in [2.45, 2.75) is 25.5 Å². The van der Waals surface area contributed by atoms with E-state index in [9.17, 15) is 0 Å².